The van der Waals surface area contributed by atoms with Crippen LogP contribution in [0.15, 0.2) is 67.1 Å². The lowest BCUT2D eigenvalue weighted by atomic mass is 10.1. The van der Waals surface area contributed by atoms with Gasteiger partial charge in [-0.25, -0.2) is 9.37 Å². The highest BCUT2D eigenvalue weighted by Crippen LogP contribution is 2.09. The molecule has 0 fully saturated rings. The molecular formula is C20H19FN4O. The molecule has 0 saturated carbocycles. The van der Waals surface area contributed by atoms with Crippen molar-refractivity contribution in [1.82, 2.24) is 15.3 Å². The smallest absolute Gasteiger partial charge is 0.269 e. The first-order valence-electron chi connectivity index (χ1n) is 8.33. The van der Waals surface area contributed by atoms with Gasteiger partial charge in [0, 0.05) is 25.5 Å². The maximum atomic E-state index is 13.5. The Morgan fingerprint density at radius 2 is 1.85 bits per heavy atom. The quantitative estimate of drug-likeness (QED) is 0.687. The van der Waals surface area contributed by atoms with Crippen LogP contribution in [0.2, 0.25) is 0 Å². The van der Waals surface area contributed by atoms with E-state index < -0.39 is 0 Å². The second-order valence-corrected chi connectivity index (χ2v) is 5.74. The zero-order valence-electron chi connectivity index (χ0n) is 14.2. The van der Waals surface area contributed by atoms with Crippen molar-refractivity contribution in [3.05, 3.63) is 89.8 Å². The van der Waals surface area contributed by atoms with Crippen LogP contribution >= 0.6 is 0 Å². The molecule has 2 N–H and O–H groups in total. The fraction of sp³-hybridized carbons (Fsp3) is 0.150. The van der Waals surface area contributed by atoms with Crippen LogP contribution in [0, 0.1) is 5.82 Å². The number of aromatic nitrogens is 2. The van der Waals surface area contributed by atoms with Gasteiger partial charge >= 0.3 is 0 Å². The number of pyridine rings is 2. The lowest BCUT2D eigenvalue weighted by Crippen LogP contribution is -2.26. The number of carbonyl (C=O) groups excluding carboxylic acids is 1. The fourth-order valence-electron chi connectivity index (χ4n) is 2.44. The molecule has 1 aromatic carbocycles. The van der Waals surface area contributed by atoms with Gasteiger partial charge in [-0.3, -0.25) is 9.78 Å². The van der Waals surface area contributed by atoms with Gasteiger partial charge in [0.05, 0.1) is 11.9 Å². The second kappa shape index (κ2) is 8.71. The van der Waals surface area contributed by atoms with Crippen LogP contribution in [0.25, 0.3) is 0 Å². The predicted molar refractivity (Wildman–Crippen MR) is 98.2 cm³/mol. The van der Waals surface area contributed by atoms with Crippen molar-refractivity contribution in [2.45, 2.75) is 13.0 Å². The Bertz CT molecular complexity index is 853. The van der Waals surface area contributed by atoms with E-state index in [1.165, 1.54) is 6.07 Å². The highest BCUT2D eigenvalue weighted by atomic mass is 19.1. The maximum absolute atomic E-state index is 13.5. The molecule has 132 valence electrons. The van der Waals surface area contributed by atoms with Gasteiger partial charge < -0.3 is 10.6 Å². The molecule has 0 unspecified atom stereocenters. The van der Waals surface area contributed by atoms with Crippen LogP contribution in [0.4, 0.5) is 10.1 Å². The minimum absolute atomic E-state index is 0.260. The molecule has 3 rings (SSSR count). The van der Waals surface area contributed by atoms with Gasteiger partial charge in [0.25, 0.3) is 5.91 Å². The van der Waals surface area contributed by atoms with Crippen LogP contribution in [-0.2, 0) is 13.0 Å². The first-order chi connectivity index (χ1) is 12.7. The average Bonchev–Trinajstić information content (AvgIpc) is 2.69. The number of benzene rings is 1. The number of amides is 1. The summed E-state index contributed by atoms with van der Waals surface area (Å²) in [5, 5.41) is 5.99. The van der Waals surface area contributed by atoms with E-state index >= 15 is 0 Å². The van der Waals surface area contributed by atoms with Crippen molar-refractivity contribution in [3.8, 4) is 0 Å². The molecule has 26 heavy (non-hydrogen) atoms. The van der Waals surface area contributed by atoms with E-state index in [4.69, 9.17) is 0 Å². The van der Waals surface area contributed by atoms with E-state index in [9.17, 15) is 9.18 Å². The van der Waals surface area contributed by atoms with Gasteiger partial charge in [-0.1, -0.05) is 18.2 Å². The minimum atomic E-state index is -0.276. The van der Waals surface area contributed by atoms with Gasteiger partial charge in [-0.05, 0) is 47.9 Å². The van der Waals surface area contributed by atoms with Crippen molar-refractivity contribution < 1.29 is 9.18 Å². The zero-order valence-corrected chi connectivity index (χ0v) is 14.2. The molecule has 0 aliphatic rings. The molecule has 0 atom stereocenters. The number of hydrogen-bond acceptors (Lipinski definition) is 4. The molecule has 0 aliphatic carbocycles. The summed E-state index contributed by atoms with van der Waals surface area (Å²) in [5.41, 5.74) is 2.84. The molecule has 0 radical (unpaired) electrons. The summed E-state index contributed by atoms with van der Waals surface area (Å²) in [6.07, 6.45) is 5.53. The molecule has 0 bridgehead atoms. The van der Waals surface area contributed by atoms with Gasteiger partial charge in [0.2, 0.25) is 0 Å². The van der Waals surface area contributed by atoms with Gasteiger partial charge in [-0.2, -0.15) is 0 Å². The van der Waals surface area contributed by atoms with Crippen LogP contribution in [0.5, 0.6) is 0 Å². The maximum Gasteiger partial charge on any atom is 0.269 e. The van der Waals surface area contributed by atoms with Crippen molar-refractivity contribution in [2.24, 2.45) is 0 Å². The molecule has 5 nitrogen and oxygen atoms in total. The lowest BCUT2D eigenvalue weighted by molar-refractivity contribution is 0.0949. The highest BCUT2D eigenvalue weighted by molar-refractivity contribution is 5.92. The Labute approximate surface area is 151 Å². The SMILES string of the molecule is O=C(NCCc1ccccc1F)c1ccc(NCc2ccncc2)cn1. The summed E-state index contributed by atoms with van der Waals surface area (Å²) in [6.45, 7) is 1.00. The van der Waals surface area contributed by atoms with Crippen molar-refractivity contribution >= 4 is 11.6 Å². The van der Waals surface area contributed by atoms with Crippen LogP contribution in [0.3, 0.4) is 0 Å². The summed E-state index contributed by atoms with van der Waals surface area (Å²) in [4.78, 5) is 20.3. The van der Waals surface area contributed by atoms with Gasteiger partial charge in [0.15, 0.2) is 0 Å². The summed E-state index contributed by atoms with van der Waals surface area (Å²) in [5.74, 6) is -0.536. The summed E-state index contributed by atoms with van der Waals surface area (Å²) in [7, 11) is 0. The number of hydrogen-bond donors (Lipinski definition) is 2. The first-order valence-corrected chi connectivity index (χ1v) is 8.33. The molecule has 1 amide bonds. The molecule has 0 spiro atoms. The topological polar surface area (TPSA) is 66.9 Å². The third-order valence-electron chi connectivity index (χ3n) is 3.88. The van der Waals surface area contributed by atoms with Crippen LogP contribution in [-0.4, -0.2) is 22.4 Å². The Morgan fingerprint density at radius 1 is 1.04 bits per heavy atom. The average molecular weight is 350 g/mol. The number of rotatable bonds is 7. The number of nitrogens with zero attached hydrogens (tertiary/aromatic N) is 2. The van der Waals surface area contributed by atoms with Crippen molar-refractivity contribution in [1.29, 1.82) is 0 Å². The molecular weight excluding hydrogens is 331 g/mol. The monoisotopic (exact) mass is 350 g/mol. The van der Waals surface area contributed by atoms with Crippen LogP contribution in [0.1, 0.15) is 21.6 Å². The Kier molecular flexibility index (Phi) is 5.88. The molecule has 3 aromatic rings. The summed E-state index contributed by atoms with van der Waals surface area (Å²) >= 11 is 0. The van der Waals surface area contributed by atoms with Crippen LogP contribution < -0.4 is 10.6 Å². The van der Waals surface area contributed by atoms with E-state index in [0.29, 0.717) is 30.8 Å². The standard InChI is InChI=1S/C20H19FN4O/c21-18-4-2-1-3-16(18)9-12-23-20(26)19-6-5-17(14-25-19)24-13-15-7-10-22-11-8-15/h1-8,10-11,14,24H,9,12-13H2,(H,23,26). The number of nitrogens with one attached hydrogen (secondary N) is 2. The van der Waals surface area contributed by atoms with E-state index in [1.54, 1.807) is 48.9 Å². The lowest BCUT2D eigenvalue weighted by Gasteiger charge is -2.08. The summed E-state index contributed by atoms with van der Waals surface area (Å²) < 4.78 is 13.5. The van der Waals surface area contributed by atoms with Gasteiger partial charge in [0.1, 0.15) is 11.5 Å². The molecule has 0 saturated heterocycles. The first kappa shape index (κ1) is 17.5. The molecule has 0 aliphatic heterocycles. The third kappa shape index (κ3) is 4.86. The predicted octanol–water partition coefficient (Wildman–Crippen LogP) is 3.20. The number of anilines is 1. The minimum Gasteiger partial charge on any atom is -0.380 e. The largest absolute Gasteiger partial charge is 0.380 e. The Morgan fingerprint density at radius 3 is 2.58 bits per heavy atom. The Hall–Kier alpha value is -3.28. The highest BCUT2D eigenvalue weighted by Gasteiger charge is 2.07. The van der Waals surface area contributed by atoms with E-state index in [2.05, 4.69) is 20.6 Å². The molecule has 2 heterocycles. The van der Waals surface area contributed by atoms with Gasteiger partial charge in [-0.15, -0.1) is 0 Å². The van der Waals surface area contributed by atoms with Crippen molar-refractivity contribution in [2.75, 3.05) is 11.9 Å². The normalized spacial score (nSPS) is 10.3. The van der Waals surface area contributed by atoms with E-state index in [-0.39, 0.29) is 11.7 Å². The Balaban J connectivity index is 1.48. The van der Waals surface area contributed by atoms with E-state index in [0.717, 1.165) is 11.3 Å². The number of carbonyl (C=O) groups is 1. The fourth-order valence-corrected chi connectivity index (χ4v) is 2.44. The molecule has 6 heteroatoms. The zero-order chi connectivity index (χ0) is 18.2. The third-order valence-corrected chi connectivity index (χ3v) is 3.88. The van der Waals surface area contributed by atoms with E-state index in [1.807, 2.05) is 12.1 Å². The summed E-state index contributed by atoms with van der Waals surface area (Å²) in [6, 6.07) is 13.9. The number of halogens is 1. The second-order valence-electron chi connectivity index (χ2n) is 5.74. The van der Waals surface area contributed by atoms with Crippen molar-refractivity contribution in [3.63, 3.8) is 0 Å². The molecule has 2 aromatic heterocycles.